The zero-order chi connectivity index (χ0) is 11.3. The predicted molar refractivity (Wildman–Crippen MR) is 45.6 cm³/mol. The van der Waals surface area contributed by atoms with Crippen molar-refractivity contribution < 1.29 is 17.6 Å². The summed E-state index contributed by atoms with van der Waals surface area (Å²) in [5, 5.41) is 10.8. The Morgan fingerprint density at radius 3 is 2.73 bits per heavy atom. The standard InChI is InChI=1S/C9H9F3N2O/c10-9(11,12)7(4-13)5-14-6-8-2-1-3-15-8/h1-3,7,14H,5-6H2. The lowest BCUT2D eigenvalue weighted by Gasteiger charge is -2.13. The highest BCUT2D eigenvalue weighted by Gasteiger charge is 2.39. The van der Waals surface area contributed by atoms with Crippen molar-refractivity contribution in [3.05, 3.63) is 24.2 Å². The number of alkyl halides is 3. The summed E-state index contributed by atoms with van der Waals surface area (Å²) < 4.78 is 41.2. The van der Waals surface area contributed by atoms with Gasteiger partial charge in [-0.2, -0.15) is 18.4 Å². The van der Waals surface area contributed by atoms with Crippen LogP contribution in [0.4, 0.5) is 13.2 Å². The number of halogens is 3. The normalized spacial score (nSPS) is 13.5. The molecule has 0 spiro atoms. The topological polar surface area (TPSA) is 49.0 Å². The summed E-state index contributed by atoms with van der Waals surface area (Å²) >= 11 is 0. The van der Waals surface area contributed by atoms with Gasteiger partial charge < -0.3 is 9.73 Å². The van der Waals surface area contributed by atoms with Gasteiger partial charge in [-0.1, -0.05) is 0 Å². The van der Waals surface area contributed by atoms with E-state index in [-0.39, 0.29) is 6.54 Å². The van der Waals surface area contributed by atoms with Crippen LogP contribution in [0.15, 0.2) is 22.8 Å². The fourth-order valence-electron chi connectivity index (χ4n) is 0.987. The largest absolute Gasteiger partial charge is 0.468 e. The molecule has 0 amide bonds. The Bertz CT molecular complexity index is 326. The molecule has 1 heterocycles. The first-order chi connectivity index (χ1) is 7.04. The van der Waals surface area contributed by atoms with Crippen LogP contribution in [0.25, 0.3) is 0 Å². The molecule has 0 radical (unpaired) electrons. The Morgan fingerprint density at radius 2 is 2.27 bits per heavy atom. The van der Waals surface area contributed by atoms with E-state index in [2.05, 4.69) is 5.32 Å². The van der Waals surface area contributed by atoms with Gasteiger partial charge in [0.05, 0.1) is 18.9 Å². The van der Waals surface area contributed by atoms with E-state index >= 15 is 0 Å². The number of furan rings is 1. The van der Waals surface area contributed by atoms with Crippen molar-refractivity contribution in [1.82, 2.24) is 5.32 Å². The minimum Gasteiger partial charge on any atom is -0.468 e. The molecule has 0 aliphatic rings. The average Bonchev–Trinajstić information content (AvgIpc) is 2.62. The van der Waals surface area contributed by atoms with Crippen molar-refractivity contribution in [2.75, 3.05) is 6.54 Å². The van der Waals surface area contributed by atoms with Crippen LogP contribution in [0.3, 0.4) is 0 Å². The maximum atomic E-state index is 12.1. The molecule has 0 aliphatic carbocycles. The Balaban J connectivity index is 2.34. The van der Waals surface area contributed by atoms with E-state index in [1.165, 1.54) is 12.3 Å². The highest BCUT2D eigenvalue weighted by atomic mass is 19.4. The Labute approximate surface area is 84.5 Å². The van der Waals surface area contributed by atoms with Crippen molar-refractivity contribution in [2.24, 2.45) is 5.92 Å². The van der Waals surface area contributed by atoms with Crippen LogP contribution >= 0.6 is 0 Å². The van der Waals surface area contributed by atoms with Crippen LogP contribution in [0, 0.1) is 17.2 Å². The third kappa shape index (κ3) is 3.64. The lowest BCUT2D eigenvalue weighted by molar-refractivity contribution is -0.157. The minimum atomic E-state index is -4.48. The van der Waals surface area contributed by atoms with Crippen molar-refractivity contribution in [2.45, 2.75) is 12.7 Å². The summed E-state index contributed by atoms with van der Waals surface area (Å²) in [5.41, 5.74) is 0. The molecule has 1 rings (SSSR count). The summed E-state index contributed by atoms with van der Waals surface area (Å²) in [4.78, 5) is 0. The van der Waals surface area contributed by atoms with Crippen LogP contribution in [0.5, 0.6) is 0 Å². The van der Waals surface area contributed by atoms with Gasteiger partial charge in [0.2, 0.25) is 0 Å². The molecule has 1 N–H and O–H groups in total. The SMILES string of the molecule is N#CC(CNCc1ccco1)C(F)(F)F. The molecule has 1 aromatic rings. The molecule has 15 heavy (non-hydrogen) atoms. The van der Waals surface area contributed by atoms with Crippen molar-refractivity contribution in [3.8, 4) is 6.07 Å². The quantitative estimate of drug-likeness (QED) is 0.841. The van der Waals surface area contributed by atoms with E-state index < -0.39 is 18.6 Å². The third-order valence-electron chi connectivity index (χ3n) is 1.78. The zero-order valence-corrected chi connectivity index (χ0v) is 7.71. The number of rotatable bonds is 4. The molecule has 0 saturated carbocycles. The highest BCUT2D eigenvalue weighted by Crippen LogP contribution is 2.24. The first-order valence-corrected chi connectivity index (χ1v) is 4.23. The first-order valence-electron chi connectivity index (χ1n) is 4.23. The molecule has 82 valence electrons. The van der Waals surface area contributed by atoms with E-state index in [0.717, 1.165) is 0 Å². The van der Waals surface area contributed by atoms with Crippen LogP contribution in [-0.4, -0.2) is 12.7 Å². The number of hydrogen-bond acceptors (Lipinski definition) is 3. The summed E-state index contributed by atoms with van der Waals surface area (Å²) in [5.74, 6) is -1.44. The van der Waals surface area contributed by atoms with Gasteiger partial charge in [0, 0.05) is 6.54 Å². The fourth-order valence-corrected chi connectivity index (χ4v) is 0.987. The number of nitrogens with zero attached hydrogens (tertiary/aromatic N) is 1. The predicted octanol–water partition coefficient (Wildman–Crippen LogP) is 2.07. The molecular weight excluding hydrogens is 209 g/mol. The Hall–Kier alpha value is -1.48. The maximum absolute atomic E-state index is 12.1. The molecule has 1 unspecified atom stereocenters. The highest BCUT2D eigenvalue weighted by molar-refractivity contribution is 4.98. The van der Waals surface area contributed by atoms with E-state index in [9.17, 15) is 13.2 Å². The molecule has 0 saturated heterocycles. The summed E-state index contributed by atoms with van der Waals surface area (Å²) in [6.07, 6.45) is -3.05. The lowest BCUT2D eigenvalue weighted by Crippen LogP contribution is -2.32. The summed E-state index contributed by atoms with van der Waals surface area (Å²) in [7, 11) is 0. The zero-order valence-electron chi connectivity index (χ0n) is 7.71. The van der Waals surface area contributed by atoms with Crippen LogP contribution < -0.4 is 5.32 Å². The molecule has 6 heteroatoms. The molecule has 0 fully saturated rings. The molecular formula is C9H9F3N2O. The van der Waals surface area contributed by atoms with E-state index in [0.29, 0.717) is 5.76 Å². The molecule has 3 nitrogen and oxygen atoms in total. The second-order valence-corrected chi connectivity index (χ2v) is 2.93. The average molecular weight is 218 g/mol. The fraction of sp³-hybridized carbons (Fsp3) is 0.444. The van der Waals surface area contributed by atoms with Gasteiger partial charge in [-0.05, 0) is 12.1 Å². The van der Waals surface area contributed by atoms with Gasteiger partial charge in [-0.25, -0.2) is 0 Å². The Kier molecular flexibility index (Phi) is 3.74. The van der Waals surface area contributed by atoms with Gasteiger partial charge in [-0.3, -0.25) is 0 Å². The Morgan fingerprint density at radius 1 is 1.53 bits per heavy atom. The molecule has 0 aromatic carbocycles. The number of nitriles is 1. The second-order valence-electron chi connectivity index (χ2n) is 2.93. The monoisotopic (exact) mass is 218 g/mol. The van der Waals surface area contributed by atoms with Crippen molar-refractivity contribution in [3.63, 3.8) is 0 Å². The van der Waals surface area contributed by atoms with Crippen LogP contribution in [-0.2, 0) is 6.54 Å². The van der Waals surface area contributed by atoms with Crippen molar-refractivity contribution >= 4 is 0 Å². The maximum Gasteiger partial charge on any atom is 0.405 e. The number of hydrogen-bond donors (Lipinski definition) is 1. The number of nitrogens with one attached hydrogen (secondary N) is 1. The molecule has 1 aromatic heterocycles. The molecule has 1 atom stereocenters. The van der Waals surface area contributed by atoms with E-state index in [1.807, 2.05) is 0 Å². The summed E-state index contributed by atoms with van der Waals surface area (Å²) in [6, 6.07) is 4.49. The van der Waals surface area contributed by atoms with Gasteiger partial charge >= 0.3 is 6.18 Å². The van der Waals surface area contributed by atoms with Gasteiger partial charge in [0.25, 0.3) is 0 Å². The smallest absolute Gasteiger partial charge is 0.405 e. The van der Waals surface area contributed by atoms with Gasteiger partial charge in [-0.15, -0.1) is 0 Å². The van der Waals surface area contributed by atoms with Gasteiger partial charge in [0.15, 0.2) is 5.92 Å². The second kappa shape index (κ2) is 4.84. The first kappa shape index (κ1) is 11.6. The van der Waals surface area contributed by atoms with Crippen molar-refractivity contribution in [1.29, 1.82) is 5.26 Å². The molecule has 0 aliphatic heterocycles. The van der Waals surface area contributed by atoms with Gasteiger partial charge in [0.1, 0.15) is 5.76 Å². The lowest BCUT2D eigenvalue weighted by atomic mass is 10.1. The van der Waals surface area contributed by atoms with E-state index in [4.69, 9.17) is 9.68 Å². The van der Waals surface area contributed by atoms with E-state index in [1.54, 1.807) is 12.1 Å². The minimum absolute atomic E-state index is 0.182. The van der Waals surface area contributed by atoms with Crippen LogP contribution in [0.2, 0.25) is 0 Å². The summed E-state index contributed by atoms with van der Waals surface area (Å²) in [6.45, 7) is -0.248. The van der Waals surface area contributed by atoms with Crippen LogP contribution in [0.1, 0.15) is 5.76 Å². The molecule has 0 bridgehead atoms. The third-order valence-corrected chi connectivity index (χ3v) is 1.78.